The Labute approximate surface area is 119 Å². The van der Waals surface area contributed by atoms with Crippen LogP contribution >= 0.6 is 11.8 Å². The molecule has 0 aromatic carbocycles. The summed E-state index contributed by atoms with van der Waals surface area (Å²) in [5, 5.41) is 0.0314. The van der Waals surface area contributed by atoms with Crippen molar-refractivity contribution < 1.29 is 9.21 Å². The Kier molecular flexibility index (Phi) is 4.26. The fourth-order valence-corrected chi connectivity index (χ4v) is 3.80. The first-order valence-electron chi connectivity index (χ1n) is 6.48. The van der Waals surface area contributed by atoms with Gasteiger partial charge in [-0.05, 0) is 31.6 Å². The van der Waals surface area contributed by atoms with E-state index in [-0.39, 0.29) is 16.7 Å². The van der Waals surface area contributed by atoms with Gasteiger partial charge in [-0.25, -0.2) is 0 Å². The molecule has 1 atom stereocenters. The van der Waals surface area contributed by atoms with Gasteiger partial charge in [0.1, 0.15) is 11.1 Å². The van der Waals surface area contributed by atoms with Gasteiger partial charge in [0.05, 0.1) is 12.0 Å². The van der Waals surface area contributed by atoms with Crippen molar-refractivity contribution in [1.29, 1.82) is 0 Å². The van der Waals surface area contributed by atoms with Crippen LogP contribution in [-0.4, -0.2) is 48.6 Å². The standard InChI is InChI=1S/C14H22N2O2S/c1-14(2,9-15(3)4)10-16-12(17)8-19-13(16)11-6-5-7-18-11/h5-7,13H,8-10H2,1-4H3. The Bertz CT molecular complexity index is 429. The van der Waals surface area contributed by atoms with Gasteiger partial charge in [-0.15, -0.1) is 11.8 Å². The summed E-state index contributed by atoms with van der Waals surface area (Å²) in [5.74, 6) is 1.62. The molecule has 1 aliphatic rings. The highest BCUT2D eigenvalue weighted by Crippen LogP contribution is 2.40. The van der Waals surface area contributed by atoms with Crippen molar-refractivity contribution in [1.82, 2.24) is 9.80 Å². The molecule has 1 fully saturated rings. The van der Waals surface area contributed by atoms with E-state index >= 15 is 0 Å². The predicted molar refractivity (Wildman–Crippen MR) is 78.0 cm³/mol. The molecule has 0 spiro atoms. The van der Waals surface area contributed by atoms with Gasteiger partial charge in [-0.3, -0.25) is 4.79 Å². The molecule has 0 bridgehead atoms. The number of carbonyl (C=O) groups excluding carboxylic acids is 1. The van der Waals surface area contributed by atoms with Crippen molar-refractivity contribution >= 4 is 17.7 Å². The lowest BCUT2D eigenvalue weighted by Crippen LogP contribution is -2.41. The number of hydrogen-bond acceptors (Lipinski definition) is 4. The van der Waals surface area contributed by atoms with Crippen LogP contribution in [-0.2, 0) is 4.79 Å². The summed E-state index contributed by atoms with van der Waals surface area (Å²) < 4.78 is 5.47. The molecule has 1 amide bonds. The van der Waals surface area contributed by atoms with Crippen LogP contribution in [0.4, 0.5) is 0 Å². The molecule has 106 valence electrons. The number of amides is 1. The third kappa shape index (κ3) is 3.54. The molecular weight excluding hydrogens is 260 g/mol. The van der Waals surface area contributed by atoms with Crippen molar-refractivity contribution in [2.45, 2.75) is 19.2 Å². The molecule has 1 aromatic rings. The van der Waals surface area contributed by atoms with Crippen LogP contribution in [0.1, 0.15) is 25.0 Å². The summed E-state index contributed by atoms with van der Waals surface area (Å²) in [5.41, 5.74) is 0.0644. The van der Waals surface area contributed by atoms with Gasteiger partial charge >= 0.3 is 0 Å². The van der Waals surface area contributed by atoms with Crippen molar-refractivity contribution in [2.24, 2.45) is 5.41 Å². The fraction of sp³-hybridized carbons (Fsp3) is 0.643. The maximum atomic E-state index is 12.1. The molecule has 0 radical (unpaired) electrons. The van der Waals surface area contributed by atoms with Crippen LogP contribution in [0.15, 0.2) is 22.8 Å². The van der Waals surface area contributed by atoms with Crippen LogP contribution in [0.5, 0.6) is 0 Å². The first kappa shape index (κ1) is 14.5. The Hall–Kier alpha value is -0.940. The van der Waals surface area contributed by atoms with Crippen molar-refractivity contribution in [3.8, 4) is 0 Å². The monoisotopic (exact) mass is 282 g/mol. The minimum atomic E-state index is 0.0314. The van der Waals surface area contributed by atoms with Crippen molar-refractivity contribution in [3.05, 3.63) is 24.2 Å². The van der Waals surface area contributed by atoms with Crippen molar-refractivity contribution in [2.75, 3.05) is 32.9 Å². The number of nitrogens with zero attached hydrogens (tertiary/aromatic N) is 2. The third-order valence-corrected chi connectivity index (χ3v) is 4.31. The minimum Gasteiger partial charge on any atom is -0.466 e. The second-order valence-electron chi connectivity index (χ2n) is 6.10. The topological polar surface area (TPSA) is 36.7 Å². The zero-order valence-electron chi connectivity index (χ0n) is 12.0. The maximum Gasteiger partial charge on any atom is 0.233 e. The van der Waals surface area contributed by atoms with E-state index < -0.39 is 0 Å². The molecule has 0 aliphatic carbocycles. The Balaban J connectivity index is 2.10. The van der Waals surface area contributed by atoms with E-state index in [1.165, 1.54) is 0 Å². The number of hydrogen-bond donors (Lipinski definition) is 0. The van der Waals surface area contributed by atoms with Gasteiger partial charge in [0, 0.05) is 13.1 Å². The Morgan fingerprint density at radius 2 is 2.26 bits per heavy atom. The van der Waals surface area contributed by atoms with Gasteiger partial charge in [0.25, 0.3) is 0 Å². The van der Waals surface area contributed by atoms with Gasteiger partial charge in [-0.1, -0.05) is 13.8 Å². The minimum absolute atomic E-state index is 0.0314. The Morgan fingerprint density at radius 3 is 2.84 bits per heavy atom. The molecule has 1 unspecified atom stereocenters. The second-order valence-corrected chi connectivity index (χ2v) is 7.17. The normalized spacial score (nSPS) is 20.6. The zero-order valence-corrected chi connectivity index (χ0v) is 12.9. The summed E-state index contributed by atoms with van der Waals surface area (Å²) in [7, 11) is 4.12. The highest BCUT2D eigenvalue weighted by molar-refractivity contribution is 8.00. The van der Waals surface area contributed by atoms with E-state index in [4.69, 9.17) is 4.42 Å². The Morgan fingerprint density at radius 1 is 1.53 bits per heavy atom. The first-order chi connectivity index (χ1) is 8.89. The number of carbonyl (C=O) groups is 1. The van der Waals surface area contributed by atoms with Crippen LogP contribution in [0.25, 0.3) is 0 Å². The van der Waals surface area contributed by atoms with Gasteiger partial charge in [-0.2, -0.15) is 0 Å². The lowest BCUT2D eigenvalue weighted by molar-refractivity contribution is -0.129. The van der Waals surface area contributed by atoms with Gasteiger partial charge in [0.2, 0.25) is 5.91 Å². The van der Waals surface area contributed by atoms with Gasteiger partial charge < -0.3 is 14.2 Å². The first-order valence-corrected chi connectivity index (χ1v) is 7.53. The summed E-state index contributed by atoms with van der Waals surface area (Å²) in [6.45, 7) is 6.10. The molecule has 4 nitrogen and oxygen atoms in total. The van der Waals surface area contributed by atoms with E-state index in [1.54, 1.807) is 18.0 Å². The van der Waals surface area contributed by atoms with Crippen LogP contribution in [0.3, 0.4) is 0 Å². The van der Waals surface area contributed by atoms with E-state index in [0.29, 0.717) is 5.75 Å². The molecule has 1 aliphatic heterocycles. The highest BCUT2D eigenvalue weighted by atomic mass is 32.2. The molecule has 5 heteroatoms. The van der Waals surface area contributed by atoms with E-state index in [0.717, 1.165) is 18.8 Å². The predicted octanol–water partition coefficient (Wildman–Crippen LogP) is 2.44. The molecule has 2 heterocycles. The maximum absolute atomic E-state index is 12.1. The zero-order chi connectivity index (χ0) is 14.0. The number of thioether (sulfide) groups is 1. The molecule has 0 N–H and O–H groups in total. The smallest absolute Gasteiger partial charge is 0.233 e. The van der Waals surface area contributed by atoms with E-state index in [2.05, 4.69) is 32.8 Å². The summed E-state index contributed by atoms with van der Waals surface area (Å²) in [4.78, 5) is 16.2. The molecular formula is C14H22N2O2S. The second kappa shape index (κ2) is 5.59. The third-order valence-electron chi connectivity index (χ3n) is 3.10. The average molecular weight is 282 g/mol. The quantitative estimate of drug-likeness (QED) is 0.831. The summed E-state index contributed by atoms with van der Waals surface area (Å²) in [6.07, 6.45) is 1.67. The fourth-order valence-electron chi connectivity index (χ4n) is 2.66. The molecule has 0 saturated carbocycles. The molecule has 1 saturated heterocycles. The number of furan rings is 1. The van der Waals surface area contributed by atoms with Gasteiger partial charge in [0.15, 0.2) is 0 Å². The molecule has 2 rings (SSSR count). The SMILES string of the molecule is CN(C)CC(C)(C)CN1C(=O)CSC1c1ccco1. The largest absolute Gasteiger partial charge is 0.466 e. The lowest BCUT2D eigenvalue weighted by atomic mass is 9.92. The van der Waals surface area contributed by atoms with Crippen molar-refractivity contribution in [3.63, 3.8) is 0 Å². The average Bonchev–Trinajstić information content (AvgIpc) is 2.87. The number of rotatable bonds is 5. The van der Waals surface area contributed by atoms with Crippen LogP contribution in [0, 0.1) is 5.41 Å². The van der Waals surface area contributed by atoms with E-state index in [1.807, 2.05) is 17.0 Å². The van der Waals surface area contributed by atoms with E-state index in [9.17, 15) is 4.79 Å². The molecule has 1 aromatic heterocycles. The summed E-state index contributed by atoms with van der Waals surface area (Å²) in [6, 6.07) is 3.82. The molecule has 19 heavy (non-hydrogen) atoms. The van der Waals surface area contributed by atoms with Crippen LogP contribution in [0.2, 0.25) is 0 Å². The lowest BCUT2D eigenvalue weighted by Gasteiger charge is -2.34. The highest BCUT2D eigenvalue weighted by Gasteiger charge is 2.37. The van der Waals surface area contributed by atoms with Crippen LogP contribution < -0.4 is 0 Å². The summed E-state index contributed by atoms with van der Waals surface area (Å²) >= 11 is 1.64.